The van der Waals surface area contributed by atoms with E-state index in [9.17, 15) is 9.18 Å². The van der Waals surface area contributed by atoms with Gasteiger partial charge in [-0.25, -0.2) is 19.2 Å². The van der Waals surface area contributed by atoms with Gasteiger partial charge in [0.15, 0.2) is 5.82 Å². The highest BCUT2D eigenvalue weighted by Gasteiger charge is 2.26. The molecule has 4 N–H and O–H groups in total. The van der Waals surface area contributed by atoms with Crippen molar-refractivity contribution >= 4 is 28.6 Å². The molecule has 0 saturated carbocycles. The highest BCUT2D eigenvalue weighted by atomic mass is 19.1. The number of carbonyl (C=O) groups is 1. The molecule has 9 heteroatoms. The minimum Gasteiger partial charge on any atom is -0.382 e. The first-order chi connectivity index (χ1) is 15.0. The fourth-order valence-electron chi connectivity index (χ4n) is 4.05. The summed E-state index contributed by atoms with van der Waals surface area (Å²) in [5, 5.41) is 5.66. The zero-order valence-corrected chi connectivity index (χ0v) is 16.8. The van der Waals surface area contributed by atoms with Gasteiger partial charge in [0, 0.05) is 22.9 Å². The topological polar surface area (TPSA) is 107 Å². The Morgan fingerprint density at radius 1 is 1.26 bits per heavy atom. The minimum atomic E-state index is -0.358. The molecule has 0 radical (unpaired) electrons. The Labute approximate surface area is 177 Å². The van der Waals surface area contributed by atoms with Crippen molar-refractivity contribution in [3.8, 4) is 5.69 Å². The van der Waals surface area contributed by atoms with E-state index in [-0.39, 0.29) is 23.8 Å². The van der Waals surface area contributed by atoms with Gasteiger partial charge in [0.05, 0.1) is 24.9 Å². The van der Waals surface area contributed by atoms with Crippen LogP contribution < -0.4 is 16.4 Å². The summed E-state index contributed by atoms with van der Waals surface area (Å²) in [6, 6.07) is 6.77. The van der Waals surface area contributed by atoms with Crippen LogP contribution in [0.5, 0.6) is 0 Å². The second kappa shape index (κ2) is 7.51. The standard InChI is InChI=1S/C22H21FN6O2/c1-12-8-13(23)2-7-17(12)28-22(30)27-14-3-5-15(6-4-14)29-18-10-31-9-16(18)19-20(29)21(24)26-11-25-19/h2-8,11-12,17H,9-10H2,1H3,(H2,24,25,26)(H2,27,28,30). The van der Waals surface area contributed by atoms with Crippen molar-refractivity contribution in [2.45, 2.75) is 26.2 Å². The van der Waals surface area contributed by atoms with E-state index in [1.54, 1.807) is 6.08 Å². The summed E-state index contributed by atoms with van der Waals surface area (Å²) < 4.78 is 20.9. The molecule has 2 amide bonds. The van der Waals surface area contributed by atoms with Gasteiger partial charge in [0.2, 0.25) is 0 Å². The quantitative estimate of drug-likeness (QED) is 0.600. The summed E-state index contributed by atoms with van der Waals surface area (Å²) in [4.78, 5) is 20.9. The van der Waals surface area contributed by atoms with Gasteiger partial charge >= 0.3 is 6.03 Å². The van der Waals surface area contributed by atoms with Gasteiger partial charge in [0.1, 0.15) is 23.2 Å². The van der Waals surface area contributed by atoms with E-state index in [0.29, 0.717) is 24.7 Å². The normalized spacial score (nSPS) is 19.9. The molecule has 2 atom stereocenters. The molecule has 3 heterocycles. The number of urea groups is 1. The van der Waals surface area contributed by atoms with Crippen LogP contribution in [-0.4, -0.2) is 26.6 Å². The summed E-state index contributed by atoms with van der Waals surface area (Å²) in [6.07, 6.45) is 5.95. The van der Waals surface area contributed by atoms with Crippen LogP contribution in [0.15, 0.2) is 54.6 Å². The predicted molar refractivity (Wildman–Crippen MR) is 115 cm³/mol. The van der Waals surface area contributed by atoms with E-state index >= 15 is 0 Å². The van der Waals surface area contributed by atoms with Gasteiger partial charge in [0.25, 0.3) is 0 Å². The molecule has 3 aromatic rings. The first-order valence-electron chi connectivity index (χ1n) is 9.95. The number of anilines is 2. The number of nitrogens with one attached hydrogen (secondary N) is 2. The number of ether oxygens (including phenoxy) is 1. The Morgan fingerprint density at radius 2 is 2.06 bits per heavy atom. The molecule has 2 aromatic heterocycles. The first kappa shape index (κ1) is 19.3. The third-order valence-corrected chi connectivity index (χ3v) is 5.60. The maximum atomic E-state index is 13.3. The Bertz CT molecular complexity index is 1230. The van der Waals surface area contributed by atoms with Crippen molar-refractivity contribution in [3.63, 3.8) is 0 Å². The van der Waals surface area contributed by atoms with E-state index in [1.807, 2.05) is 35.8 Å². The van der Waals surface area contributed by atoms with E-state index in [4.69, 9.17) is 10.5 Å². The van der Waals surface area contributed by atoms with Gasteiger partial charge in [-0.3, -0.25) is 0 Å². The van der Waals surface area contributed by atoms with E-state index in [2.05, 4.69) is 20.6 Å². The summed E-state index contributed by atoms with van der Waals surface area (Å²) in [6.45, 7) is 2.81. The Balaban J connectivity index is 1.37. The van der Waals surface area contributed by atoms with E-state index in [0.717, 1.165) is 28.0 Å². The van der Waals surface area contributed by atoms with Gasteiger partial charge in [-0.15, -0.1) is 0 Å². The maximum absolute atomic E-state index is 13.3. The number of amides is 2. The van der Waals surface area contributed by atoms with Crippen LogP contribution in [-0.2, 0) is 18.0 Å². The number of fused-ring (bicyclic) bond motifs is 3. The fourth-order valence-corrected chi connectivity index (χ4v) is 4.05. The molecule has 0 bridgehead atoms. The fraction of sp³-hybridized carbons (Fsp3) is 0.227. The van der Waals surface area contributed by atoms with Gasteiger partial charge in [-0.1, -0.05) is 13.0 Å². The summed E-state index contributed by atoms with van der Waals surface area (Å²) in [7, 11) is 0. The summed E-state index contributed by atoms with van der Waals surface area (Å²) in [5.41, 5.74) is 11.2. The lowest BCUT2D eigenvalue weighted by Crippen LogP contribution is -2.40. The molecule has 158 valence electrons. The van der Waals surface area contributed by atoms with Crippen LogP contribution in [0.1, 0.15) is 18.2 Å². The monoisotopic (exact) mass is 420 g/mol. The number of carbonyl (C=O) groups excluding carboxylic acids is 1. The van der Waals surface area contributed by atoms with Crippen LogP contribution in [0.3, 0.4) is 0 Å². The van der Waals surface area contributed by atoms with Crippen molar-refractivity contribution < 1.29 is 13.9 Å². The summed E-state index contributed by atoms with van der Waals surface area (Å²) >= 11 is 0. The van der Waals surface area contributed by atoms with Crippen LogP contribution in [0.25, 0.3) is 16.7 Å². The average molecular weight is 420 g/mol. The Morgan fingerprint density at radius 3 is 2.84 bits per heavy atom. The number of benzene rings is 1. The molecule has 5 rings (SSSR count). The number of aromatic nitrogens is 3. The molecule has 2 aliphatic rings. The highest BCUT2D eigenvalue weighted by molar-refractivity contribution is 5.92. The first-order valence-corrected chi connectivity index (χ1v) is 9.95. The molecule has 0 fully saturated rings. The molecular formula is C22H21FN6O2. The zero-order valence-electron chi connectivity index (χ0n) is 16.8. The molecule has 1 aliphatic heterocycles. The number of hydrogen-bond acceptors (Lipinski definition) is 5. The zero-order chi connectivity index (χ0) is 21.5. The third-order valence-electron chi connectivity index (χ3n) is 5.60. The van der Waals surface area contributed by atoms with Crippen LogP contribution in [0.4, 0.5) is 20.7 Å². The van der Waals surface area contributed by atoms with Gasteiger partial charge < -0.3 is 25.7 Å². The van der Waals surface area contributed by atoms with Crippen molar-refractivity contribution in [1.82, 2.24) is 19.9 Å². The Hall–Kier alpha value is -3.72. The largest absolute Gasteiger partial charge is 0.382 e. The number of allylic oxidation sites excluding steroid dienone is 2. The SMILES string of the molecule is CC1C=C(F)C=CC1NC(=O)Nc1ccc(-n2c3c(c4ncnc(N)c42)COC3)cc1. The van der Waals surface area contributed by atoms with Crippen LogP contribution in [0, 0.1) is 5.92 Å². The van der Waals surface area contributed by atoms with Crippen LogP contribution >= 0.6 is 0 Å². The van der Waals surface area contributed by atoms with Crippen LogP contribution in [0.2, 0.25) is 0 Å². The molecule has 1 aliphatic carbocycles. The van der Waals surface area contributed by atoms with Crippen molar-refractivity contribution in [1.29, 1.82) is 0 Å². The minimum absolute atomic E-state index is 0.128. The van der Waals surface area contributed by atoms with Gasteiger partial charge in [-0.2, -0.15) is 0 Å². The number of nitrogen functional groups attached to an aromatic ring is 1. The second-order valence-corrected chi connectivity index (χ2v) is 7.65. The van der Waals surface area contributed by atoms with E-state index in [1.165, 1.54) is 18.5 Å². The highest BCUT2D eigenvalue weighted by Crippen LogP contribution is 2.35. The molecule has 1 aromatic carbocycles. The lowest BCUT2D eigenvalue weighted by atomic mass is 9.97. The Kier molecular flexibility index (Phi) is 4.67. The molecule has 0 spiro atoms. The maximum Gasteiger partial charge on any atom is 0.319 e. The van der Waals surface area contributed by atoms with Crippen molar-refractivity contribution in [3.05, 3.63) is 65.9 Å². The molecule has 0 saturated heterocycles. The molecule has 2 unspecified atom stereocenters. The van der Waals surface area contributed by atoms with Crippen molar-refractivity contribution in [2.75, 3.05) is 11.1 Å². The lowest BCUT2D eigenvalue weighted by Gasteiger charge is -2.22. The molecular weight excluding hydrogens is 399 g/mol. The number of nitrogens with zero attached hydrogens (tertiary/aromatic N) is 3. The van der Waals surface area contributed by atoms with Gasteiger partial charge in [-0.05, 0) is 36.4 Å². The number of hydrogen-bond donors (Lipinski definition) is 3. The van der Waals surface area contributed by atoms with E-state index < -0.39 is 0 Å². The average Bonchev–Trinajstić information content (AvgIpc) is 3.33. The molecule has 8 nitrogen and oxygen atoms in total. The predicted octanol–water partition coefficient (Wildman–Crippen LogP) is 3.58. The molecule has 31 heavy (non-hydrogen) atoms. The summed E-state index contributed by atoms with van der Waals surface area (Å²) in [5.74, 6) is -0.0136. The number of halogens is 1. The number of rotatable bonds is 3. The third kappa shape index (κ3) is 3.42. The number of nitrogens with two attached hydrogens (primary N) is 1. The van der Waals surface area contributed by atoms with Crippen molar-refractivity contribution in [2.24, 2.45) is 5.92 Å². The second-order valence-electron chi connectivity index (χ2n) is 7.65. The lowest BCUT2D eigenvalue weighted by molar-refractivity contribution is 0.132. The smallest absolute Gasteiger partial charge is 0.319 e.